The molecule has 0 bridgehead atoms. The molecule has 2 N–H and O–H groups in total. The van der Waals surface area contributed by atoms with Crippen LogP contribution in [0.2, 0.25) is 0 Å². The normalized spacial score (nSPS) is 23.4. The molecule has 2 aromatic rings. The molecule has 0 aromatic heterocycles. The van der Waals surface area contributed by atoms with Crippen LogP contribution in [0.4, 0.5) is 4.79 Å². The number of nitrogens with one attached hydrogen (secondary N) is 1. The maximum atomic E-state index is 13.2. The Hall–Kier alpha value is -3.57. The predicted molar refractivity (Wildman–Crippen MR) is 115 cm³/mol. The van der Waals surface area contributed by atoms with E-state index in [9.17, 15) is 20.0 Å². The molecule has 166 valence electrons. The Bertz CT molecular complexity index is 1060. The minimum atomic E-state index is -1.06. The van der Waals surface area contributed by atoms with E-state index in [1.54, 1.807) is 56.3 Å². The Balaban J connectivity index is 1.55. The summed E-state index contributed by atoms with van der Waals surface area (Å²) in [6.07, 6.45) is -0.490. The van der Waals surface area contributed by atoms with Crippen LogP contribution < -0.4 is 14.8 Å². The first-order valence-electron chi connectivity index (χ1n) is 10.5. The molecule has 2 aliphatic heterocycles. The summed E-state index contributed by atoms with van der Waals surface area (Å²) in [5.74, 6) is 0.516. The van der Waals surface area contributed by atoms with Gasteiger partial charge in [-0.2, -0.15) is 5.26 Å². The van der Waals surface area contributed by atoms with Crippen molar-refractivity contribution in [3.05, 3.63) is 59.7 Å². The van der Waals surface area contributed by atoms with Crippen molar-refractivity contribution in [2.75, 3.05) is 6.54 Å². The highest BCUT2D eigenvalue weighted by Crippen LogP contribution is 2.40. The number of carbonyl (C=O) groups excluding carboxylic acids is 2. The summed E-state index contributed by atoms with van der Waals surface area (Å²) in [7, 11) is 0. The van der Waals surface area contributed by atoms with Crippen LogP contribution in [-0.4, -0.2) is 46.3 Å². The molecule has 3 atom stereocenters. The lowest BCUT2D eigenvalue weighted by Gasteiger charge is -2.42. The number of aliphatic hydroxyl groups is 1. The number of para-hydroxylation sites is 1. The maximum absolute atomic E-state index is 13.2. The number of benzene rings is 2. The van der Waals surface area contributed by atoms with Crippen molar-refractivity contribution < 1.29 is 24.2 Å². The lowest BCUT2D eigenvalue weighted by molar-refractivity contribution is -0.129. The van der Waals surface area contributed by atoms with Crippen LogP contribution in [0, 0.1) is 11.3 Å². The van der Waals surface area contributed by atoms with Gasteiger partial charge in [0.15, 0.2) is 0 Å². The molecule has 3 unspecified atom stereocenters. The van der Waals surface area contributed by atoms with Gasteiger partial charge in [-0.3, -0.25) is 9.69 Å². The van der Waals surface area contributed by atoms with E-state index in [0.29, 0.717) is 42.0 Å². The first-order valence-corrected chi connectivity index (χ1v) is 10.5. The second-order valence-electron chi connectivity index (χ2n) is 8.53. The number of hydrogen-bond donors (Lipinski definition) is 2. The van der Waals surface area contributed by atoms with Crippen LogP contribution in [0.15, 0.2) is 48.5 Å². The van der Waals surface area contributed by atoms with Crippen molar-refractivity contribution in [1.29, 1.82) is 5.26 Å². The van der Waals surface area contributed by atoms with E-state index >= 15 is 0 Å². The number of nitriles is 1. The number of rotatable bonds is 3. The zero-order chi connectivity index (χ0) is 22.9. The Morgan fingerprint density at radius 2 is 2.00 bits per heavy atom. The van der Waals surface area contributed by atoms with Gasteiger partial charge in [0.2, 0.25) is 5.91 Å². The fourth-order valence-electron chi connectivity index (χ4n) is 4.18. The van der Waals surface area contributed by atoms with Crippen molar-refractivity contribution in [1.82, 2.24) is 10.2 Å². The zero-order valence-corrected chi connectivity index (χ0v) is 17.9. The minimum absolute atomic E-state index is 0.387. The van der Waals surface area contributed by atoms with Gasteiger partial charge in [0, 0.05) is 12.1 Å². The molecule has 2 amide bonds. The van der Waals surface area contributed by atoms with Gasteiger partial charge in [-0.05, 0) is 57.0 Å². The quantitative estimate of drug-likeness (QED) is 0.767. The van der Waals surface area contributed by atoms with E-state index in [1.807, 2.05) is 6.07 Å². The Kier molecular flexibility index (Phi) is 5.76. The minimum Gasteiger partial charge on any atom is -0.485 e. The average molecular weight is 435 g/mol. The lowest BCUT2D eigenvalue weighted by Crippen LogP contribution is -2.56. The molecule has 8 heteroatoms. The molecule has 1 saturated heterocycles. The topological polar surface area (TPSA) is 112 Å². The number of likely N-dealkylation sites (tertiary alicyclic amines) is 1. The van der Waals surface area contributed by atoms with Gasteiger partial charge < -0.3 is 19.9 Å². The van der Waals surface area contributed by atoms with Gasteiger partial charge in [0.05, 0.1) is 17.7 Å². The van der Waals surface area contributed by atoms with E-state index in [2.05, 4.69) is 11.4 Å². The zero-order valence-electron chi connectivity index (χ0n) is 17.9. The van der Waals surface area contributed by atoms with Crippen LogP contribution in [0.5, 0.6) is 11.5 Å². The van der Waals surface area contributed by atoms with E-state index in [4.69, 9.17) is 9.47 Å². The third kappa shape index (κ3) is 4.12. The summed E-state index contributed by atoms with van der Waals surface area (Å²) >= 11 is 0. The average Bonchev–Trinajstić information content (AvgIpc) is 3.27. The number of nitrogens with zero attached hydrogens (tertiary/aromatic N) is 2. The summed E-state index contributed by atoms with van der Waals surface area (Å²) in [5.41, 5.74) is -0.0335. The number of amides is 2. The first kappa shape index (κ1) is 21.7. The smallest absolute Gasteiger partial charge is 0.415 e. The molecule has 1 fully saturated rings. The Morgan fingerprint density at radius 1 is 1.25 bits per heavy atom. The van der Waals surface area contributed by atoms with Crippen molar-refractivity contribution in [3.63, 3.8) is 0 Å². The molecule has 0 radical (unpaired) electrons. The first-order chi connectivity index (χ1) is 15.3. The highest BCUT2D eigenvalue weighted by Gasteiger charge is 2.45. The summed E-state index contributed by atoms with van der Waals surface area (Å²) in [6.45, 7) is 3.87. The third-order valence-corrected chi connectivity index (χ3v) is 5.91. The van der Waals surface area contributed by atoms with Gasteiger partial charge in [-0.1, -0.05) is 18.2 Å². The van der Waals surface area contributed by atoms with Crippen LogP contribution in [0.1, 0.15) is 43.9 Å². The second kappa shape index (κ2) is 8.52. The molecular weight excluding hydrogens is 410 g/mol. The molecule has 2 heterocycles. The van der Waals surface area contributed by atoms with Crippen LogP contribution >= 0.6 is 0 Å². The van der Waals surface area contributed by atoms with Gasteiger partial charge in [-0.25, -0.2) is 4.79 Å². The standard InChI is InChI=1S/C24H25N3O5/c1-24(2)21(28)20(17-13-15(14-25)10-11-19(17)32-24)26-22(29)18-9-6-12-27(18)23(30)31-16-7-4-3-5-8-16/h3-5,7-8,10-11,13,18,20-21,28H,6,9,12H2,1-2H3,(H,26,29). The third-order valence-electron chi connectivity index (χ3n) is 5.91. The molecule has 8 nitrogen and oxygen atoms in total. The summed E-state index contributed by atoms with van der Waals surface area (Å²) in [5, 5.41) is 23.1. The number of aliphatic hydroxyl groups excluding tert-OH is 1. The summed E-state index contributed by atoms with van der Waals surface area (Å²) in [6, 6.07) is 14.2. The van der Waals surface area contributed by atoms with Crippen LogP contribution in [0.25, 0.3) is 0 Å². The van der Waals surface area contributed by atoms with Crippen LogP contribution in [0.3, 0.4) is 0 Å². The Labute approximate surface area is 186 Å². The molecular formula is C24H25N3O5. The molecule has 4 rings (SSSR count). The number of ether oxygens (including phenoxy) is 2. The Morgan fingerprint density at radius 3 is 2.72 bits per heavy atom. The largest absolute Gasteiger partial charge is 0.485 e. The SMILES string of the molecule is CC1(C)Oc2ccc(C#N)cc2C(NC(=O)C2CCCN2C(=O)Oc2ccccc2)C1O. The summed E-state index contributed by atoms with van der Waals surface area (Å²) in [4.78, 5) is 27.3. The van der Waals surface area contributed by atoms with Gasteiger partial charge in [0.1, 0.15) is 29.2 Å². The fraction of sp³-hybridized carbons (Fsp3) is 0.375. The highest BCUT2D eigenvalue weighted by atomic mass is 16.6. The van der Waals surface area contributed by atoms with Crippen molar-refractivity contribution >= 4 is 12.0 Å². The number of carbonyl (C=O) groups is 2. The highest BCUT2D eigenvalue weighted by molar-refractivity contribution is 5.87. The van der Waals surface area contributed by atoms with Crippen LogP contribution in [-0.2, 0) is 4.79 Å². The van der Waals surface area contributed by atoms with E-state index in [-0.39, 0.29) is 5.91 Å². The molecule has 0 aliphatic carbocycles. The molecule has 0 saturated carbocycles. The maximum Gasteiger partial charge on any atom is 0.415 e. The second-order valence-corrected chi connectivity index (χ2v) is 8.53. The number of fused-ring (bicyclic) bond motifs is 1. The van der Waals surface area contributed by atoms with Gasteiger partial charge >= 0.3 is 6.09 Å². The monoisotopic (exact) mass is 435 g/mol. The lowest BCUT2D eigenvalue weighted by atomic mass is 9.85. The van der Waals surface area contributed by atoms with Gasteiger partial charge in [-0.15, -0.1) is 0 Å². The molecule has 2 aromatic carbocycles. The molecule has 32 heavy (non-hydrogen) atoms. The fourth-order valence-corrected chi connectivity index (χ4v) is 4.18. The van der Waals surface area contributed by atoms with E-state index < -0.39 is 29.9 Å². The van der Waals surface area contributed by atoms with E-state index in [0.717, 1.165) is 0 Å². The summed E-state index contributed by atoms with van der Waals surface area (Å²) < 4.78 is 11.3. The molecule has 2 aliphatic rings. The van der Waals surface area contributed by atoms with Gasteiger partial charge in [0.25, 0.3) is 0 Å². The van der Waals surface area contributed by atoms with Crippen molar-refractivity contribution in [2.24, 2.45) is 0 Å². The van der Waals surface area contributed by atoms with Crippen molar-refractivity contribution in [2.45, 2.75) is 50.5 Å². The predicted octanol–water partition coefficient (Wildman–Crippen LogP) is 2.91. The van der Waals surface area contributed by atoms with Crippen molar-refractivity contribution in [3.8, 4) is 17.6 Å². The molecule has 0 spiro atoms. The number of hydrogen-bond acceptors (Lipinski definition) is 6. The van der Waals surface area contributed by atoms with E-state index in [1.165, 1.54) is 4.90 Å².